The fraction of sp³-hybridized carbons (Fsp3) is 0.0455. The lowest BCUT2D eigenvalue weighted by molar-refractivity contribution is 0.101. The lowest BCUT2D eigenvalue weighted by Crippen LogP contribution is -2.19. The third-order valence-electron chi connectivity index (χ3n) is 5.21. The minimum Gasteiger partial charge on any atom is -0.380 e. The fourth-order valence-electron chi connectivity index (χ4n) is 3.57. The molecule has 0 saturated carbocycles. The molecule has 1 amide bonds. The summed E-state index contributed by atoms with van der Waals surface area (Å²) < 4.78 is 45.3. The van der Waals surface area contributed by atoms with Gasteiger partial charge in [0.25, 0.3) is 5.91 Å². The molecule has 2 aromatic heterocycles. The Morgan fingerprint density at radius 1 is 1.11 bits per heavy atom. The molecule has 0 aliphatic heterocycles. The molecule has 0 radical (unpaired) electrons. The summed E-state index contributed by atoms with van der Waals surface area (Å²) in [6.45, 7) is 0. The number of tetrazole rings is 1. The number of anilines is 2. The summed E-state index contributed by atoms with van der Waals surface area (Å²) in [5.41, 5.74) is 7.19. The van der Waals surface area contributed by atoms with E-state index in [1.54, 1.807) is 36.4 Å². The van der Waals surface area contributed by atoms with Gasteiger partial charge in [-0.1, -0.05) is 29.4 Å². The minimum absolute atomic E-state index is 0.0702. The zero-order valence-corrected chi connectivity index (χ0v) is 18.8. The second-order valence-corrected chi connectivity index (χ2v) is 9.56. The number of nitrogen functional groups attached to an aromatic ring is 1. The van der Waals surface area contributed by atoms with E-state index in [0.717, 1.165) is 17.0 Å². The van der Waals surface area contributed by atoms with E-state index in [-0.39, 0.29) is 22.2 Å². The van der Waals surface area contributed by atoms with Gasteiger partial charge in [-0.25, -0.2) is 12.8 Å². The molecule has 0 saturated heterocycles. The summed E-state index contributed by atoms with van der Waals surface area (Å²) in [6, 6.07) is 15.1. The molecule has 0 fully saturated rings. The van der Waals surface area contributed by atoms with Crippen LogP contribution in [-0.2, 0) is 9.84 Å². The molecule has 2 heterocycles. The first-order valence-corrected chi connectivity index (χ1v) is 12.0. The van der Waals surface area contributed by atoms with Crippen LogP contribution < -0.4 is 11.1 Å². The van der Waals surface area contributed by atoms with E-state index in [1.165, 1.54) is 18.2 Å². The van der Waals surface area contributed by atoms with Gasteiger partial charge in [0, 0.05) is 11.8 Å². The van der Waals surface area contributed by atoms with E-state index in [4.69, 9.17) is 10.3 Å². The Morgan fingerprint density at radius 2 is 1.91 bits per heavy atom. The van der Waals surface area contributed by atoms with Crippen molar-refractivity contribution in [3.8, 4) is 16.8 Å². The molecule has 13 heteroatoms. The van der Waals surface area contributed by atoms with Gasteiger partial charge in [0.15, 0.2) is 21.2 Å². The number of carbonyl (C=O) groups excluding carboxylic acids is 1. The minimum atomic E-state index is -3.53. The Bertz CT molecular complexity index is 1710. The summed E-state index contributed by atoms with van der Waals surface area (Å²) in [4.78, 5) is 12.9. The molecular formula is C22H16FN7O4S. The van der Waals surface area contributed by atoms with Crippen LogP contribution in [0.2, 0.25) is 0 Å². The Labute approximate surface area is 197 Å². The monoisotopic (exact) mass is 493 g/mol. The number of amides is 1. The standard InChI is InChI=1S/C22H16FN7O4S/c1-35(32,33)19-5-3-2-4-14(19)12-6-8-17(16(23)10-12)25-22(31)21-26-28-29-30(21)13-7-9-18-15(11-13)20(24)27-34-18/h2-11H,1H3,(H2,24,27)(H,25,31). The lowest BCUT2D eigenvalue weighted by Gasteiger charge is -2.11. The molecule has 5 rings (SSSR count). The molecule has 176 valence electrons. The van der Waals surface area contributed by atoms with Crippen LogP contribution in [-0.4, -0.2) is 45.9 Å². The maximum absolute atomic E-state index is 14.9. The third-order valence-corrected chi connectivity index (χ3v) is 6.37. The topological polar surface area (TPSA) is 159 Å². The van der Waals surface area contributed by atoms with Crippen LogP contribution in [0.3, 0.4) is 0 Å². The van der Waals surface area contributed by atoms with Crippen LogP contribution >= 0.6 is 0 Å². The molecule has 3 aromatic carbocycles. The average Bonchev–Trinajstić information content (AvgIpc) is 3.47. The van der Waals surface area contributed by atoms with Gasteiger partial charge in [-0.3, -0.25) is 4.79 Å². The largest absolute Gasteiger partial charge is 0.380 e. The number of halogens is 1. The zero-order valence-electron chi connectivity index (χ0n) is 18.0. The van der Waals surface area contributed by atoms with E-state index < -0.39 is 21.6 Å². The van der Waals surface area contributed by atoms with Gasteiger partial charge in [-0.2, -0.15) is 4.68 Å². The molecule has 0 aliphatic carbocycles. The highest BCUT2D eigenvalue weighted by atomic mass is 32.2. The second-order valence-electron chi connectivity index (χ2n) is 7.58. The first-order chi connectivity index (χ1) is 16.7. The van der Waals surface area contributed by atoms with E-state index in [1.807, 2.05) is 0 Å². The van der Waals surface area contributed by atoms with Crippen LogP contribution in [0.25, 0.3) is 27.8 Å². The highest BCUT2D eigenvalue weighted by molar-refractivity contribution is 7.90. The van der Waals surface area contributed by atoms with Gasteiger partial charge in [-0.05, 0) is 52.4 Å². The average molecular weight is 493 g/mol. The van der Waals surface area contributed by atoms with Crippen LogP contribution in [0.5, 0.6) is 0 Å². The van der Waals surface area contributed by atoms with E-state index in [0.29, 0.717) is 27.8 Å². The number of nitrogens with one attached hydrogen (secondary N) is 1. The number of nitrogens with two attached hydrogens (primary N) is 1. The highest BCUT2D eigenvalue weighted by Crippen LogP contribution is 2.30. The molecule has 5 aromatic rings. The maximum atomic E-state index is 14.9. The van der Waals surface area contributed by atoms with Gasteiger partial charge in [0.2, 0.25) is 5.82 Å². The number of hydrogen-bond acceptors (Lipinski definition) is 9. The zero-order chi connectivity index (χ0) is 24.7. The molecule has 0 spiro atoms. The maximum Gasteiger partial charge on any atom is 0.295 e. The molecule has 35 heavy (non-hydrogen) atoms. The van der Waals surface area contributed by atoms with Crippen molar-refractivity contribution < 1.29 is 22.1 Å². The third kappa shape index (κ3) is 4.08. The molecule has 0 unspecified atom stereocenters. The Kier molecular flexibility index (Phi) is 5.25. The number of nitrogens with zero attached hydrogens (tertiary/aromatic N) is 5. The lowest BCUT2D eigenvalue weighted by atomic mass is 10.0. The van der Waals surface area contributed by atoms with Crippen LogP contribution in [0.15, 0.2) is 70.1 Å². The van der Waals surface area contributed by atoms with E-state index in [2.05, 4.69) is 26.0 Å². The summed E-state index contributed by atoms with van der Waals surface area (Å²) >= 11 is 0. The molecule has 0 aliphatic rings. The SMILES string of the molecule is CS(=O)(=O)c1ccccc1-c1ccc(NC(=O)c2nnnn2-c2ccc3onc(N)c3c2)c(F)c1. The first-order valence-electron chi connectivity index (χ1n) is 10.1. The van der Waals surface area contributed by atoms with Crippen LogP contribution in [0, 0.1) is 5.82 Å². The van der Waals surface area contributed by atoms with Crippen molar-refractivity contribution >= 4 is 38.2 Å². The Hall–Kier alpha value is -4.65. The quantitative estimate of drug-likeness (QED) is 0.375. The van der Waals surface area contributed by atoms with Crippen molar-refractivity contribution in [1.82, 2.24) is 25.4 Å². The predicted octanol–water partition coefficient (Wildman–Crippen LogP) is 2.85. The van der Waals surface area contributed by atoms with E-state index >= 15 is 0 Å². The van der Waals surface area contributed by atoms with Crippen LogP contribution in [0.1, 0.15) is 10.6 Å². The summed E-state index contributed by atoms with van der Waals surface area (Å²) in [5, 5.41) is 17.7. The van der Waals surface area contributed by atoms with Crippen molar-refractivity contribution in [1.29, 1.82) is 0 Å². The smallest absolute Gasteiger partial charge is 0.295 e. The normalized spacial score (nSPS) is 11.6. The summed E-state index contributed by atoms with van der Waals surface area (Å²) in [6.07, 6.45) is 1.08. The van der Waals surface area contributed by atoms with Crippen molar-refractivity contribution in [3.05, 3.63) is 72.3 Å². The van der Waals surface area contributed by atoms with Gasteiger partial charge in [0.1, 0.15) is 5.82 Å². The van der Waals surface area contributed by atoms with Crippen LogP contribution in [0.4, 0.5) is 15.9 Å². The van der Waals surface area contributed by atoms with Gasteiger partial charge >= 0.3 is 0 Å². The number of hydrogen-bond donors (Lipinski definition) is 2. The number of fused-ring (bicyclic) bond motifs is 1. The van der Waals surface area contributed by atoms with E-state index in [9.17, 15) is 17.6 Å². The van der Waals surface area contributed by atoms with Crippen molar-refractivity contribution in [3.63, 3.8) is 0 Å². The second kappa shape index (κ2) is 8.29. The van der Waals surface area contributed by atoms with Gasteiger partial charge < -0.3 is 15.6 Å². The predicted molar refractivity (Wildman–Crippen MR) is 124 cm³/mol. The molecular weight excluding hydrogens is 477 g/mol. The Balaban J connectivity index is 1.44. The Morgan fingerprint density at radius 3 is 2.69 bits per heavy atom. The number of benzene rings is 3. The highest BCUT2D eigenvalue weighted by Gasteiger charge is 2.20. The van der Waals surface area contributed by atoms with Crippen molar-refractivity contribution in [2.75, 3.05) is 17.3 Å². The van der Waals surface area contributed by atoms with Gasteiger partial charge in [-0.15, -0.1) is 5.10 Å². The molecule has 3 N–H and O–H groups in total. The summed E-state index contributed by atoms with van der Waals surface area (Å²) in [7, 11) is -3.53. The number of aromatic nitrogens is 5. The number of sulfone groups is 1. The fourth-order valence-corrected chi connectivity index (χ4v) is 4.48. The summed E-state index contributed by atoms with van der Waals surface area (Å²) in [5.74, 6) is -1.57. The molecule has 11 nitrogen and oxygen atoms in total. The van der Waals surface area contributed by atoms with Crippen molar-refractivity contribution in [2.24, 2.45) is 0 Å². The molecule has 0 atom stereocenters. The molecule has 0 bridgehead atoms. The first kappa shape index (κ1) is 22.2. The number of rotatable bonds is 5. The van der Waals surface area contributed by atoms with Gasteiger partial charge in [0.05, 0.1) is 21.7 Å². The number of carbonyl (C=O) groups is 1. The van der Waals surface area contributed by atoms with Crippen molar-refractivity contribution in [2.45, 2.75) is 4.90 Å².